The molecular formula is C14H19FN4OS. The Morgan fingerprint density at radius 1 is 1.52 bits per heavy atom. The van der Waals surface area contributed by atoms with Crippen LogP contribution in [0.5, 0.6) is 0 Å². The fraction of sp³-hybridized carbons (Fsp3) is 0.429. The molecule has 0 amide bonds. The normalized spacial score (nSPS) is 12.6. The summed E-state index contributed by atoms with van der Waals surface area (Å²) in [4.78, 5) is 11.9. The number of aromatic nitrogens is 3. The summed E-state index contributed by atoms with van der Waals surface area (Å²) in [5, 5.41) is 10.1. The fourth-order valence-electron chi connectivity index (χ4n) is 1.96. The van der Waals surface area contributed by atoms with E-state index in [1.165, 1.54) is 10.6 Å². The lowest BCUT2D eigenvalue weighted by Gasteiger charge is -2.17. The van der Waals surface area contributed by atoms with E-state index in [0.717, 1.165) is 30.3 Å². The number of nitrogens with zero attached hydrogens (tertiary/aromatic N) is 2. The van der Waals surface area contributed by atoms with E-state index in [2.05, 4.69) is 22.4 Å². The second-order valence-electron chi connectivity index (χ2n) is 4.81. The summed E-state index contributed by atoms with van der Waals surface area (Å²) in [6.45, 7) is 4.95. The first kappa shape index (κ1) is 15.8. The second kappa shape index (κ2) is 6.91. The number of rotatable bonds is 6. The Morgan fingerprint density at radius 3 is 2.90 bits per heavy atom. The molecule has 2 rings (SSSR count). The van der Waals surface area contributed by atoms with E-state index >= 15 is 0 Å². The zero-order valence-electron chi connectivity index (χ0n) is 12.3. The predicted octanol–water partition coefficient (Wildman–Crippen LogP) is 2.46. The van der Waals surface area contributed by atoms with Crippen molar-refractivity contribution in [2.24, 2.45) is 7.05 Å². The molecule has 114 valence electrons. The lowest BCUT2D eigenvalue weighted by Crippen LogP contribution is -2.20. The molecule has 0 aliphatic heterocycles. The van der Waals surface area contributed by atoms with Crippen LogP contribution in [0, 0.1) is 5.82 Å². The van der Waals surface area contributed by atoms with Crippen molar-refractivity contribution in [1.82, 2.24) is 20.1 Å². The zero-order chi connectivity index (χ0) is 15.4. The van der Waals surface area contributed by atoms with E-state index in [1.54, 1.807) is 13.1 Å². The number of hydrogen-bond acceptors (Lipinski definition) is 4. The molecule has 0 aliphatic carbocycles. The smallest absolute Gasteiger partial charge is 0.310 e. The molecule has 0 aliphatic rings. The first-order chi connectivity index (χ1) is 10.0. The average molecular weight is 310 g/mol. The molecule has 1 aromatic heterocycles. The lowest BCUT2D eigenvalue weighted by atomic mass is 10.1. The van der Waals surface area contributed by atoms with Crippen LogP contribution in [-0.2, 0) is 7.05 Å². The third-order valence-electron chi connectivity index (χ3n) is 3.20. The number of hydrogen-bond donors (Lipinski definition) is 2. The van der Waals surface area contributed by atoms with Crippen LogP contribution >= 0.6 is 11.8 Å². The van der Waals surface area contributed by atoms with Gasteiger partial charge in [-0.3, -0.25) is 4.57 Å². The van der Waals surface area contributed by atoms with Crippen LogP contribution < -0.4 is 11.0 Å². The molecule has 5 nitrogen and oxygen atoms in total. The minimum Gasteiger partial charge on any atom is -0.310 e. The van der Waals surface area contributed by atoms with Gasteiger partial charge in [0.05, 0.1) is 4.90 Å². The minimum absolute atomic E-state index is 0.0270. The monoisotopic (exact) mass is 310 g/mol. The standard InChI is InChI=1S/C14H19FN4OS/c1-4-8-16-9(2)10-6-5-7-11(15)12(10)21-14-18-17-13(20)19(14)3/h5-7,9,16H,4,8H2,1-3H3,(H,17,20). The Hall–Kier alpha value is -1.60. The predicted molar refractivity (Wildman–Crippen MR) is 81.1 cm³/mol. The van der Waals surface area contributed by atoms with Crippen LogP contribution in [0.2, 0.25) is 0 Å². The summed E-state index contributed by atoms with van der Waals surface area (Å²) in [6.07, 6.45) is 1.01. The highest BCUT2D eigenvalue weighted by Crippen LogP contribution is 2.33. The summed E-state index contributed by atoms with van der Waals surface area (Å²) in [6, 6.07) is 5.04. The van der Waals surface area contributed by atoms with Crippen molar-refractivity contribution in [3.8, 4) is 0 Å². The van der Waals surface area contributed by atoms with Gasteiger partial charge in [0.2, 0.25) is 0 Å². The average Bonchev–Trinajstić information content (AvgIpc) is 2.78. The molecule has 0 saturated carbocycles. The Balaban J connectivity index is 2.33. The molecular weight excluding hydrogens is 291 g/mol. The molecule has 2 aromatic rings. The number of nitrogens with one attached hydrogen (secondary N) is 2. The number of H-pyrrole nitrogens is 1. The van der Waals surface area contributed by atoms with Crippen LogP contribution in [0.25, 0.3) is 0 Å². The van der Waals surface area contributed by atoms with Crippen LogP contribution in [0.4, 0.5) is 4.39 Å². The summed E-state index contributed by atoms with van der Waals surface area (Å²) in [7, 11) is 1.60. The largest absolute Gasteiger partial charge is 0.343 e. The Morgan fingerprint density at radius 2 is 2.29 bits per heavy atom. The van der Waals surface area contributed by atoms with Gasteiger partial charge < -0.3 is 5.32 Å². The van der Waals surface area contributed by atoms with Gasteiger partial charge >= 0.3 is 5.69 Å². The van der Waals surface area contributed by atoms with E-state index in [9.17, 15) is 9.18 Å². The topological polar surface area (TPSA) is 62.7 Å². The molecule has 0 bridgehead atoms. The van der Waals surface area contributed by atoms with Crippen LogP contribution in [-0.4, -0.2) is 21.3 Å². The molecule has 2 N–H and O–H groups in total. The molecule has 0 fully saturated rings. The maximum Gasteiger partial charge on any atom is 0.343 e. The minimum atomic E-state index is -0.312. The molecule has 0 spiro atoms. The van der Waals surface area contributed by atoms with E-state index in [-0.39, 0.29) is 17.5 Å². The van der Waals surface area contributed by atoms with E-state index < -0.39 is 0 Å². The molecule has 7 heteroatoms. The van der Waals surface area contributed by atoms with Crippen molar-refractivity contribution < 1.29 is 4.39 Å². The highest BCUT2D eigenvalue weighted by Gasteiger charge is 2.17. The Labute approximate surface area is 127 Å². The van der Waals surface area contributed by atoms with Gasteiger partial charge in [-0.1, -0.05) is 19.1 Å². The van der Waals surface area contributed by atoms with E-state index in [4.69, 9.17) is 0 Å². The Bertz CT molecular complexity index is 667. The first-order valence-corrected chi connectivity index (χ1v) is 7.67. The van der Waals surface area contributed by atoms with Gasteiger partial charge in [-0.05, 0) is 43.3 Å². The van der Waals surface area contributed by atoms with Gasteiger partial charge in [0.15, 0.2) is 5.16 Å². The molecule has 0 saturated heterocycles. The quantitative estimate of drug-likeness (QED) is 0.860. The van der Waals surface area contributed by atoms with Gasteiger partial charge in [-0.2, -0.15) is 0 Å². The number of benzene rings is 1. The van der Waals surface area contributed by atoms with Crippen molar-refractivity contribution >= 4 is 11.8 Å². The van der Waals surface area contributed by atoms with Gasteiger partial charge in [0.1, 0.15) is 5.82 Å². The number of aromatic amines is 1. The highest BCUT2D eigenvalue weighted by atomic mass is 32.2. The molecule has 1 atom stereocenters. The van der Waals surface area contributed by atoms with Gasteiger partial charge in [0, 0.05) is 13.1 Å². The SMILES string of the molecule is CCCNC(C)c1cccc(F)c1Sc1n[nH]c(=O)n1C. The van der Waals surface area contributed by atoms with Crippen LogP contribution in [0.1, 0.15) is 31.9 Å². The first-order valence-electron chi connectivity index (χ1n) is 6.85. The highest BCUT2D eigenvalue weighted by molar-refractivity contribution is 7.99. The maximum atomic E-state index is 14.2. The Kier molecular flexibility index (Phi) is 5.19. The van der Waals surface area contributed by atoms with Crippen molar-refractivity contribution in [2.75, 3.05) is 6.54 Å². The fourth-order valence-corrected chi connectivity index (χ4v) is 2.98. The van der Waals surface area contributed by atoms with Crippen molar-refractivity contribution in [3.63, 3.8) is 0 Å². The summed E-state index contributed by atoms with van der Waals surface area (Å²) < 4.78 is 15.5. The van der Waals surface area contributed by atoms with E-state index in [0.29, 0.717) is 10.1 Å². The van der Waals surface area contributed by atoms with Crippen molar-refractivity contribution in [2.45, 2.75) is 36.4 Å². The summed E-state index contributed by atoms with van der Waals surface area (Å²) in [5.74, 6) is -0.307. The molecule has 1 aromatic carbocycles. The van der Waals surface area contributed by atoms with Crippen molar-refractivity contribution in [1.29, 1.82) is 0 Å². The second-order valence-corrected chi connectivity index (χ2v) is 5.78. The van der Waals surface area contributed by atoms with Gasteiger partial charge in [0.25, 0.3) is 0 Å². The van der Waals surface area contributed by atoms with Gasteiger partial charge in [-0.25, -0.2) is 14.3 Å². The molecule has 1 heterocycles. The summed E-state index contributed by atoms with van der Waals surface area (Å²) in [5.41, 5.74) is 0.552. The van der Waals surface area contributed by atoms with Gasteiger partial charge in [-0.15, -0.1) is 5.10 Å². The van der Waals surface area contributed by atoms with E-state index in [1.807, 2.05) is 13.0 Å². The third kappa shape index (κ3) is 3.54. The molecule has 1 unspecified atom stereocenters. The molecule has 0 radical (unpaired) electrons. The third-order valence-corrected chi connectivity index (χ3v) is 4.38. The summed E-state index contributed by atoms with van der Waals surface area (Å²) >= 11 is 1.16. The maximum absolute atomic E-state index is 14.2. The van der Waals surface area contributed by atoms with Crippen LogP contribution in [0.3, 0.4) is 0 Å². The van der Waals surface area contributed by atoms with Crippen LogP contribution in [0.15, 0.2) is 33.0 Å². The zero-order valence-corrected chi connectivity index (χ0v) is 13.1. The number of halogens is 1. The molecule has 21 heavy (non-hydrogen) atoms. The van der Waals surface area contributed by atoms with Crippen molar-refractivity contribution in [3.05, 3.63) is 40.1 Å². The lowest BCUT2D eigenvalue weighted by molar-refractivity contribution is 0.543.